The van der Waals surface area contributed by atoms with Crippen molar-refractivity contribution in [1.82, 2.24) is 15.0 Å². The first-order valence-corrected chi connectivity index (χ1v) is 8.94. The quantitative estimate of drug-likeness (QED) is 0.498. The summed E-state index contributed by atoms with van der Waals surface area (Å²) in [7, 11) is 0. The van der Waals surface area contributed by atoms with E-state index in [0.717, 1.165) is 26.3 Å². The third-order valence-electron chi connectivity index (χ3n) is 4.59. The van der Waals surface area contributed by atoms with E-state index >= 15 is 0 Å². The van der Waals surface area contributed by atoms with E-state index in [0.29, 0.717) is 36.5 Å². The number of aliphatic carboxylic acids is 1. The Labute approximate surface area is 152 Å². The lowest BCUT2D eigenvalue weighted by molar-refractivity contribution is -0.142. The Morgan fingerprint density at radius 3 is 3.04 bits per heavy atom. The fourth-order valence-corrected chi connectivity index (χ4v) is 4.51. The van der Waals surface area contributed by atoms with E-state index in [2.05, 4.69) is 20.3 Å². The van der Waals surface area contributed by atoms with Crippen LogP contribution in [-0.4, -0.2) is 32.2 Å². The molecular formula is C17H17N6O2S+. The highest BCUT2D eigenvalue weighted by Crippen LogP contribution is 2.40. The summed E-state index contributed by atoms with van der Waals surface area (Å²) in [5.41, 5.74) is 8.27. The molecule has 1 aliphatic rings. The van der Waals surface area contributed by atoms with Crippen LogP contribution in [0.25, 0.3) is 10.2 Å². The van der Waals surface area contributed by atoms with Gasteiger partial charge in [-0.25, -0.2) is 15.0 Å². The molecule has 0 amide bonds. The summed E-state index contributed by atoms with van der Waals surface area (Å²) in [6.07, 6.45) is 6.40. The molecular weight excluding hydrogens is 352 g/mol. The minimum atomic E-state index is -0.740. The number of carboxylic acid groups (broad SMARTS) is 1. The number of aromatic nitrogens is 3. The lowest BCUT2D eigenvalue weighted by atomic mass is 9.88. The molecule has 0 saturated carbocycles. The van der Waals surface area contributed by atoms with Crippen LogP contribution in [0.1, 0.15) is 22.4 Å². The van der Waals surface area contributed by atoms with Gasteiger partial charge in [-0.3, -0.25) is 10.2 Å². The van der Waals surface area contributed by atoms with Crippen molar-refractivity contribution in [3.63, 3.8) is 0 Å². The Morgan fingerprint density at radius 1 is 1.42 bits per heavy atom. The first-order chi connectivity index (χ1) is 12.6. The number of hydrogen-bond acceptors (Lipinski definition) is 7. The zero-order chi connectivity index (χ0) is 18.3. The molecule has 0 aliphatic heterocycles. The standard InChI is InChI=1S/C17H16N6O2S/c18-5-9-3-10(6-20-14(9)19)23-15-13-11-2-1-8(17(24)25)4-12(11)26-16(13)22-7-21-15/h3,5-8,18H,1-2,4H2,(H2,19,20)(H,24,25)(H,21,22,23)/p+1/t8-/m0/s1. The third-order valence-corrected chi connectivity index (χ3v) is 5.75. The molecule has 0 bridgehead atoms. The molecule has 0 unspecified atom stereocenters. The summed E-state index contributed by atoms with van der Waals surface area (Å²) in [5, 5.41) is 19.1. The van der Waals surface area contributed by atoms with E-state index in [1.165, 1.54) is 23.9 Å². The molecule has 3 aromatic rings. The van der Waals surface area contributed by atoms with Crippen LogP contribution in [0.3, 0.4) is 0 Å². The summed E-state index contributed by atoms with van der Waals surface area (Å²) in [6.45, 7) is 0. The molecule has 0 fully saturated rings. The second-order valence-electron chi connectivity index (χ2n) is 6.17. The van der Waals surface area contributed by atoms with Crippen LogP contribution in [0, 0.1) is 5.92 Å². The van der Waals surface area contributed by atoms with Gasteiger partial charge in [-0.2, -0.15) is 0 Å². The normalized spacial score (nSPS) is 16.2. The van der Waals surface area contributed by atoms with Crippen LogP contribution in [0.15, 0.2) is 18.6 Å². The molecule has 1 atom stereocenters. The molecule has 0 spiro atoms. The van der Waals surface area contributed by atoms with E-state index in [4.69, 9.17) is 11.1 Å². The van der Waals surface area contributed by atoms with Crippen molar-refractivity contribution in [2.24, 2.45) is 5.92 Å². The average Bonchev–Trinajstić information content (AvgIpc) is 3.01. The second-order valence-corrected chi connectivity index (χ2v) is 7.26. The number of nitrogens with one attached hydrogen (secondary N) is 1. The van der Waals surface area contributed by atoms with Crippen LogP contribution in [0.2, 0.25) is 0 Å². The van der Waals surface area contributed by atoms with Gasteiger partial charge in [0.25, 0.3) is 0 Å². The summed E-state index contributed by atoms with van der Waals surface area (Å²) in [5.74, 6) is -0.0331. The fraction of sp³-hybridized carbons (Fsp3) is 0.235. The summed E-state index contributed by atoms with van der Waals surface area (Å²) >= 11 is 1.54. The van der Waals surface area contributed by atoms with Crippen molar-refractivity contribution in [2.45, 2.75) is 19.3 Å². The van der Waals surface area contributed by atoms with E-state index in [1.807, 2.05) is 0 Å². The maximum atomic E-state index is 11.3. The smallest absolute Gasteiger partial charge is 0.306 e. The van der Waals surface area contributed by atoms with Gasteiger partial charge in [0.2, 0.25) is 0 Å². The zero-order valence-electron chi connectivity index (χ0n) is 13.8. The van der Waals surface area contributed by atoms with E-state index < -0.39 is 5.97 Å². The number of nitrogen functional groups attached to an aromatic ring is 1. The molecule has 1 aliphatic carbocycles. The van der Waals surface area contributed by atoms with Crippen molar-refractivity contribution in [3.8, 4) is 0 Å². The van der Waals surface area contributed by atoms with Gasteiger partial charge in [0, 0.05) is 4.88 Å². The lowest BCUT2D eigenvalue weighted by Gasteiger charge is -2.18. The van der Waals surface area contributed by atoms with Crippen LogP contribution in [0.4, 0.5) is 17.3 Å². The molecule has 0 aromatic carbocycles. The van der Waals surface area contributed by atoms with Gasteiger partial charge < -0.3 is 16.2 Å². The average molecular weight is 369 g/mol. The first kappa shape index (κ1) is 16.4. The second kappa shape index (κ2) is 6.34. The topological polar surface area (TPSA) is 140 Å². The first-order valence-electron chi connectivity index (χ1n) is 8.12. The van der Waals surface area contributed by atoms with Gasteiger partial charge in [-0.15, -0.1) is 11.3 Å². The van der Waals surface area contributed by atoms with Gasteiger partial charge >= 0.3 is 5.97 Å². The van der Waals surface area contributed by atoms with Crippen molar-refractivity contribution in [1.29, 1.82) is 0 Å². The van der Waals surface area contributed by atoms with Crippen LogP contribution in [-0.2, 0) is 17.6 Å². The minimum absolute atomic E-state index is 0.330. The van der Waals surface area contributed by atoms with Crippen molar-refractivity contribution in [2.75, 3.05) is 11.1 Å². The van der Waals surface area contributed by atoms with Gasteiger partial charge in [-0.1, -0.05) is 0 Å². The number of carbonyl (C=O) groups is 1. The molecule has 0 saturated heterocycles. The Morgan fingerprint density at radius 2 is 2.27 bits per heavy atom. The van der Waals surface area contributed by atoms with E-state index in [-0.39, 0.29) is 5.92 Å². The van der Waals surface area contributed by atoms with Crippen LogP contribution in [0.5, 0.6) is 0 Å². The highest BCUT2D eigenvalue weighted by atomic mass is 32.1. The molecule has 3 heterocycles. The number of nitrogens with two attached hydrogens (primary N) is 2. The minimum Gasteiger partial charge on any atom is -0.481 e. The number of nitrogens with zero attached hydrogens (tertiary/aromatic N) is 3. The monoisotopic (exact) mass is 369 g/mol. The Balaban J connectivity index is 1.75. The van der Waals surface area contributed by atoms with Crippen LogP contribution < -0.4 is 16.5 Å². The number of fused-ring (bicyclic) bond motifs is 3. The number of rotatable bonds is 4. The number of hydrogen-bond donors (Lipinski definition) is 4. The maximum Gasteiger partial charge on any atom is 0.306 e. The summed E-state index contributed by atoms with van der Waals surface area (Å²) in [6, 6.07) is 1.80. The molecule has 8 nitrogen and oxygen atoms in total. The SMILES string of the molecule is Nc1ncc(Nc2ncnc3sc4c(c23)CC[C@H](C(=O)O)C4)cc1C=[NH2+]. The van der Waals surface area contributed by atoms with E-state index in [9.17, 15) is 9.90 Å². The predicted molar refractivity (Wildman–Crippen MR) is 99.6 cm³/mol. The highest BCUT2D eigenvalue weighted by Gasteiger charge is 2.28. The molecule has 3 aromatic heterocycles. The van der Waals surface area contributed by atoms with Crippen LogP contribution >= 0.6 is 11.3 Å². The third kappa shape index (κ3) is 2.76. The fourth-order valence-electron chi connectivity index (χ4n) is 3.25. The van der Waals surface area contributed by atoms with Gasteiger partial charge in [0.05, 0.1) is 28.8 Å². The lowest BCUT2D eigenvalue weighted by Crippen LogP contribution is -2.30. The van der Waals surface area contributed by atoms with E-state index in [1.54, 1.807) is 12.3 Å². The van der Waals surface area contributed by atoms with Crippen molar-refractivity contribution < 1.29 is 15.3 Å². The molecule has 6 N–H and O–H groups in total. The Bertz CT molecular complexity index is 1030. The van der Waals surface area contributed by atoms with Gasteiger partial charge in [0.1, 0.15) is 22.8 Å². The summed E-state index contributed by atoms with van der Waals surface area (Å²) in [4.78, 5) is 26.1. The van der Waals surface area contributed by atoms with Crippen molar-refractivity contribution >= 4 is 51.1 Å². The molecule has 9 heteroatoms. The summed E-state index contributed by atoms with van der Waals surface area (Å²) < 4.78 is 0. The number of pyridine rings is 1. The number of thiophene rings is 1. The molecule has 26 heavy (non-hydrogen) atoms. The van der Waals surface area contributed by atoms with Crippen molar-refractivity contribution in [3.05, 3.63) is 34.6 Å². The molecule has 4 rings (SSSR count). The largest absolute Gasteiger partial charge is 0.481 e. The highest BCUT2D eigenvalue weighted by molar-refractivity contribution is 7.19. The molecule has 132 valence electrons. The predicted octanol–water partition coefficient (Wildman–Crippen LogP) is 0.780. The Hall–Kier alpha value is -3.07. The Kier molecular flexibility index (Phi) is 4.00. The number of carboxylic acids is 1. The zero-order valence-corrected chi connectivity index (χ0v) is 14.6. The van der Waals surface area contributed by atoms with Gasteiger partial charge in [-0.05, 0) is 30.9 Å². The number of aryl methyl sites for hydroxylation is 1. The van der Waals surface area contributed by atoms with Gasteiger partial charge in [0.15, 0.2) is 6.21 Å². The molecule has 0 radical (unpaired) electrons. The maximum absolute atomic E-state index is 11.3. The number of anilines is 3.